The van der Waals surface area contributed by atoms with E-state index in [0.29, 0.717) is 0 Å². The maximum Gasteiger partial charge on any atom is 0.160 e. The number of rotatable bonds is 5. The third-order valence-electron chi connectivity index (χ3n) is 9.58. The second-order valence-electron chi connectivity index (χ2n) is 12.1. The van der Waals surface area contributed by atoms with Crippen molar-refractivity contribution < 1.29 is 0 Å². The highest BCUT2D eigenvalue weighted by Gasteiger charge is 2.45. The van der Waals surface area contributed by atoms with E-state index < -0.39 is 5.41 Å². The molecule has 7 aromatic carbocycles. The molecule has 0 saturated heterocycles. The molecule has 0 unspecified atom stereocenters. The van der Waals surface area contributed by atoms with E-state index in [1.165, 1.54) is 33.4 Å². The van der Waals surface area contributed by atoms with E-state index in [9.17, 15) is 0 Å². The zero-order chi connectivity index (χ0) is 31.2. The van der Waals surface area contributed by atoms with Crippen molar-refractivity contribution in [2.24, 2.45) is 0 Å². The predicted molar refractivity (Wildman–Crippen MR) is 193 cm³/mol. The molecule has 2 nitrogen and oxygen atoms in total. The summed E-state index contributed by atoms with van der Waals surface area (Å²) >= 11 is 0. The highest BCUT2D eigenvalue weighted by atomic mass is 14.9. The van der Waals surface area contributed by atoms with Gasteiger partial charge in [-0.25, -0.2) is 9.97 Å². The summed E-state index contributed by atoms with van der Waals surface area (Å²) in [6.45, 7) is 0. The minimum absolute atomic E-state index is 0.401. The molecule has 1 aliphatic rings. The Kier molecular flexibility index (Phi) is 6.39. The molecular formula is C45H30N2. The Morgan fingerprint density at radius 1 is 0.362 bits per heavy atom. The Bertz CT molecular complexity index is 2350. The maximum atomic E-state index is 5.12. The molecule has 0 radical (unpaired) electrons. The monoisotopic (exact) mass is 598 g/mol. The van der Waals surface area contributed by atoms with Crippen LogP contribution in [0.5, 0.6) is 0 Å². The van der Waals surface area contributed by atoms with Crippen LogP contribution in [0.15, 0.2) is 182 Å². The van der Waals surface area contributed by atoms with Gasteiger partial charge in [-0.2, -0.15) is 0 Å². The van der Waals surface area contributed by atoms with Crippen LogP contribution in [0.3, 0.4) is 0 Å². The smallest absolute Gasteiger partial charge is 0.160 e. The van der Waals surface area contributed by atoms with Crippen LogP contribution in [0.2, 0.25) is 0 Å². The van der Waals surface area contributed by atoms with E-state index in [4.69, 9.17) is 9.97 Å². The fourth-order valence-corrected chi connectivity index (χ4v) is 7.48. The lowest BCUT2D eigenvalue weighted by molar-refractivity contribution is 0.768. The van der Waals surface area contributed by atoms with Gasteiger partial charge in [0.15, 0.2) is 5.82 Å². The lowest BCUT2D eigenvalue weighted by Gasteiger charge is -2.34. The Balaban J connectivity index is 1.16. The van der Waals surface area contributed by atoms with Gasteiger partial charge in [-0.15, -0.1) is 0 Å². The van der Waals surface area contributed by atoms with Crippen LogP contribution in [0.25, 0.3) is 55.8 Å². The second kappa shape index (κ2) is 11.0. The summed E-state index contributed by atoms with van der Waals surface area (Å²) in [7, 11) is 0. The molecule has 0 bridgehead atoms. The normalized spacial score (nSPS) is 12.9. The zero-order valence-corrected chi connectivity index (χ0v) is 25.7. The lowest BCUT2D eigenvalue weighted by Crippen LogP contribution is -2.28. The third kappa shape index (κ3) is 4.34. The molecule has 1 aromatic heterocycles. The fraction of sp³-hybridized carbons (Fsp3) is 0.0222. The molecule has 1 aliphatic carbocycles. The van der Waals surface area contributed by atoms with Gasteiger partial charge in [0.05, 0.1) is 16.6 Å². The van der Waals surface area contributed by atoms with Gasteiger partial charge in [0, 0.05) is 16.5 Å². The predicted octanol–water partition coefficient (Wildman–Crippen LogP) is 11.0. The summed E-state index contributed by atoms with van der Waals surface area (Å²) in [5, 5.41) is 1.05. The second-order valence-corrected chi connectivity index (χ2v) is 12.1. The highest BCUT2D eigenvalue weighted by molar-refractivity contribution is 5.94. The summed E-state index contributed by atoms with van der Waals surface area (Å²) < 4.78 is 0. The summed E-state index contributed by atoms with van der Waals surface area (Å²) in [6.07, 6.45) is 0. The van der Waals surface area contributed by atoms with Gasteiger partial charge in [-0.1, -0.05) is 170 Å². The zero-order valence-electron chi connectivity index (χ0n) is 25.7. The minimum Gasteiger partial charge on any atom is -0.228 e. The van der Waals surface area contributed by atoms with E-state index in [2.05, 4.69) is 164 Å². The number of fused-ring (bicyclic) bond motifs is 4. The highest BCUT2D eigenvalue weighted by Crippen LogP contribution is 2.56. The van der Waals surface area contributed by atoms with Crippen LogP contribution in [-0.2, 0) is 5.41 Å². The minimum atomic E-state index is -0.401. The first-order chi connectivity index (χ1) is 23.3. The van der Waals surface area contributed by atoms with Crippen LogP contribution < -0.4 is 0 Å². The molecule has 0 fully saturated rings. The van der Waals surface area contributed by atoms with Gasteiger partial charge in [0.25, 0.3) is 0 Å². The van der Waals surface area contributed by atoms with Gasteiger partial charge in [0.1, 0.15) is 0 Å². The maximum absolute atomic E-state index is 5.12. The van der Waals surface area contributed by atoms with Gasteiger partial charge >= 0.3 is 0 Å². The average molecular weight is 599 g/mol. The van der Waals surface area contributed by atoms with Crippen molar-refractivity contribution in [2.45, 2.75) is 5.41 Å². The Labute approximate surface area is 274 Å². The molecule has 0 N–H and O–H groups in total. The third-order valence-corrected chi connectivity index (χ3v) is 9.58. The van der Waals surface area contributed by atoms with E-state index in [1.54, 1.807) is 0 Å². The Hall–Kier alpha value is -6.12. The van der Waals surface area contributed by atoms with Crippen molar-refractivity contribution in [1.82, 2.24) is 9.97 Å². The molecule has 0 spiro atoms. The van der Waals surface area contributed by atoms with Crippen molar-refractivity contribution in [3.8, 4) is 44.9 Å². The van der Waals surface area contributed by atoms with Crippen molar-refractivity contribution in [3.63, 3.8) is 0 Å². The van der Waals surface area contributed by atoms with Crippen LogP contribution in [0.1, 0.15) is 22.3 Å². The number of para-hydroxylation sites is 1. The van der Waals surface area contributed by atoms with Crippen molar-refractivity contribution >= 4 is 10.9 Å². The molecule has 220 valence electrons. The van der Waals surface area contributed by atoms with E-state index in [-0.39, 0.29) is 0 Å². The van der Waals surface area contributed by atoms with Crippen molar-refractivity contribution in [3.05, 3.63) is 204 Å². The van der Waals surface area contributed by atoms with Crippen LogP contribution in [-0.4, -0.2) is 9.97 Å². The molecular weight excluding hydrogens is 569 g/mol. The summed E-state index contributed by atoms with van der Waals surface area (Å²) in [4.78, 5) is 10.1. The number of nitrogens with zero attached hydrogens (tertiary/aromatic N) is 2. The van der Waals surface area contributed by atoms with E-state index in [0.717, 1.165) is 44.7 Å². The topological polar surface area (TPSA) is 25.8 Å². The average Bonchev–Trinajstić information content (AvgIpc) is 3.46. The van der Waals surface area contributed by atoms with Crippen LogP contribution in [0, 0.1) is 0 Å². The first kappa shape index (κ1) is 27.2. The lowest BCUT2D eigenvalue weighted by atomic mass is 9.67. The largest absolute Gasteiger partial charge is 0.228 e. The molecule has 0 aliphatic heterocycles. The summed E-state index contributed by atoms with van der Waals surface area (Å²) in [5.74, 6) is 0.725. The van der Waals surface area contributed by atoms with Crippen molar-refractivity contribution in [1.29, 1.82) is 0 Å². The van der Waals surface area contributed by atoms with E-state index >= 15 is 0 Å². The molecule has 9 rings (SSSR count). The number of benzene rings is 7. The summed E-state index contributed by atoms with van der Waals surface area (Å²) in [5.41, 5.74) is 13.6. The quantitative estimate of drug-likeness (QED) is 0.197. The first-order valence-electron chi connectivity index (χ1n) is 16.1. The molecule has 8 aromatic rings. The van der Waals surface area contributed by atoms with Gasteiger partial charge in [-0.3, -0.25) is 0 Å². The molecule has 0 amide bonds. The van der Waals surface area contributed by atoms with E-state index in [1.807, 2.05) is 18.2 Å². The summed E-state index contributed by atoms with van der Waals surface area (Å²) in [6, 6.07) is 65.1. The molecule has 0 saturated carbocycles. The number of hydrogen-bond acceptors (Lipinski definition) is 2. The first-order valence-corrected chi connectivity index (χ1v) is 16.1. The molecule has 0 atom stereocenters. The standard InChI is InChI=1S/C45H30N2/c1-3-14-32(15-4-1)43-39-22-9-12-25-42(39)46-44(47-43)34-17-13-16-33(30-34)31-26-28-36(29-27-31)45(35-18-5-2-6-19-35)40-23-10-7-20-37(40)38-21-8-11-24-41(38)45/h1-30H. The van der Waals surface area contributed by atoms with Crippen LogP contribution >= 0.6 is 0 Å². The fourth-order valence-electron chi connectivity index (χ4n) is 7.48. The number of hydrogen-bond donors (Lipinski definition) is 0. The van der Waals surface area contributed by atoms with Gasteiger partial charge < -0.3 is 0 Å². The van der Waals surface area contributed by atoms with Crippen LogP contribution in [0.4, 0.5) is 0 Å². The molecule has 47 heavy (non-hydrogen) atoms. The van der Waals surface area contributed by atoms with Crippen molar-refractivity contribution in [2.75, 3.05) is 0 Å². The Morgan fingerprint density at radius 3 is 1.64 bits per heavy atom. The van der Waals surface area contributed by atoms with Gasteiger partial charge in [0.2, 0.25) is 0 Å². The number of aromatic nitrogens is 2. The van der Waals surface area contributed by atoms with Gasteiger partial charge in [-0.05, 0) is 56.6 Å². The molecule has 1 heterocycles. The SMILES string of the molecule is c1ccc(-c2nc(-c3cccc(-c4ccc(C5(c6ccccc6)c6ccccc6-c6ccccc65)cc4)c3)nc3ccccc23)cc1. The molecule has 2 heteroatoms. The Morgan fingerprint density at radius 2 is 0.915 bits per heavy atom.